The summed E-state index contributed by atoms with van der Waals surface area (Å²) >= 11 is 0. The molecule has 1 N–H and O–H groups in total. The van der Waals surface area contributed by atoms with E-state index in [9.17, 15) is 9.59 Å². The van der Waals surface area contributed by atoms with Crippen LogP contribution in [0.3, 0.4) is 0 Å². The number of Topliss-reactive ketones (excluding diaryl/α,β-unsaturated/α-hetero) is 1. The third kappa shape index (κ3) is 3.01. The normalized spacial score (nSPS) is 10.6. The molecule has 1 heterocycles. The van der Waals surface area contributed by atoms with Gasteiger partial charge in [0, 0.05) is 35.4 Å². The van der Waals surface area contributed by atoms with Crippen molar-refractivity contribution >= 4 is 28.3 Å². The Balaban J connectivity index is 1.72. The molecule has 0 amide bonds. The number of nitrogens with one attached hydrogen (secondary N) is 1. The molecule has 24 heavy (non-hydrogen) atoms. The lowest BCUT2D eigenvalue weighted by Crippen LogP contribution is -2.13. The zero-order chi connectivity index (χ0) is 17.1. The van der Waals surface area contributed by atoms with E-state index < -0.39 is 0 Å². The van der Waals surface area contributed by atoms with Crippen molar-refractivity contribution < 1.29 is 14.3 Å². The maximum atomic E-state index is 12.5. The second kappa shape index (κ2) is 6.58. The average molecular weight is 322 g/mol. The molecule has 0 fully saturated rings. The van der Waals surface area contributed by atoms with Crippen LogP contribution >= 0.6 is 0 Å². The van der Waals surface area contributed by atoms with Gasteiger partial charge >= 0.3 is 5.97 Å². The van der Waals surface area contributed by atoms with E-state index in [1.807, 2.05) is 42.1 Å². The van der Waals surface area contributed by atoms with Gasteiger partial charge in [-0.2, -0.15) is 0 Å². The van der Waals surface area contributed by atoms with Crippen molar-refractivity contribution in [2.24, 2.45) is 7.05 Å². The molecule has 0 spiro atoms. The summed E-state index contributed by atoms with van der Waals surface area (Å²) in [5.74, 6) is -0.364. The zero-order valence-corrected chi connectivity index (χ0v) is 13.6. The van der Waals surface area contributed by atoms with Gasteiger partial charge in [-0.05, 0) is 30.3 Å². The van der Waals surface area contributed by atoms with Crippen molar-refractivity contribution in [3.05, 3.63) is 65.9 Å². The van der Waals surface area contributed by atoms with Crippen LogP contribution in [-0.4, -0.2) is 30.0 Å². The molecule has 0 aliphatic heterocycles. The van der Waals surface area contributed by atoms with Crippen LogP contribution in [0.1, 0.15) is 20.7 Å². The second-order valence-electron chi connectivity index (χ2n) is 5.52. The van der Waals surface area contributed by atoms with Gasteiger partial charge in [-0.1, -0.05) is 18.2 Å². The Bertz CT molecular complexity index is 895. The predicted molar refractivity (Wildman–Crippen MR) is 93.5 cm³/mol. The minimum Gasteiger partial charge on any atom is -0.465 e. The largest absolute Gasteiger partial charge is 0.465 e. The van der Waals surface area contributed by atoms with E-state index in [0.29, 0.717) is 11.1 Å². The number of esters is 1. The molecule has 5 nitrogen and oxygen atoms in total. The van der Waals surface area contributed by atoms with Crippen molar-refractivity contribution in [3.63, 3.8) is 0 Å². The van der Waals surface area contributed by atoms with E-state index in [1.165, 1.54) is 7.11 Å². The molecule has 5 heteroatoms. The van der Waals surface area contributed by atoms with Gasteiger partial charge < -0.3 is 14.6 Å². The van der Waals surface area contributed by atoms with E-state index in [1.54, 1.807) is 24.3 Å². The Kier molecular flexibility index (Phi) is 4.33. The number of benzene rings is 2. The zero-order valence-electron chi connectivity index (χ0n) is 13.6. The molecule has 0 radical (unpaired) electrons. The molecular formula is C19H18N2O3. The minimum absolute atomic E-state index is 0.0174. The summed E-state index contributed by atoms with van der Waals surface area (Å²) in [6.45, 7) is 0.186. The molecule has 1 aromatic heterocycles. The van der Waals surface area contributed by atoms with Crippen LogP contribution in [0.25, 0.3) is 10.9 Å². The summed E-state index contributed by atoms with van der Waals surface area (Å²) in [7, 11) is 3.27. The lowest BCUT2D eigenvalue weighted by atomic mass is 10.1. The van der Waals surface area contributed by atoms with Crippen molar-refractivity contribution in [1.82, 2.24) is 4.57 Å². The van der Waals surface area contributed by atoms with Gasteiger partial charge in [-0.25, -0.2) is 4.79 Å². The monoisotopic (exact) mass is 322 g/mol. The molecule has 0 unspecified atom stereocenters. The fourth-order valence-electron chi connectivity index (χ4n) is 2.68. The van der Waals surface area contributed by atoms with Gasteiger partial charge in [0.25, 0.3) is 0 Å². The van der Waals surface area contributed by atoms with Crippen LogP contribution in [0.5, 0.6) is 0 Å². The molecule has 3 aromatic rings. The third-order valence-corrected chi connectivity index (χ3v) is 3.96. The summed E-state index contributed by atoms with van der Waals surface area (Å²) in [6.07, 6.45) is 1.86. The molecule has 0 bridgehead atoms. The first kappa shape index (κ1) is 15.8. The number of aromatic nitrogens is 1. The van der Waals surface area contributed by atoms with Gasteiger partial charge in [0.15, 0.2) is 5.78 Å². The fourth-order valence-corrected chi connectivity index (χ4v) is 2.68. The lowest BCUT2D eigenvalue weighted by molar-refractivity contribution is 0.0600. The second-order valence-corrected chi connectivity index (χ2v) is 5.52. The quantitative estimate of drug-likeness (QED) is 0.578. The van der Waals surface area contributed by atoms with Crippen molar-refractivity contribution in [2.75, 3.05) is 19.0 Å². The molecular weight excluding hydrogens is 304 g/mol. The molecule has 0 atom stereocenters. The van der Waals surface area contributed by atoms with E-state index >= 15 is 0 Å². The minimum atomic E-state index is -0.381. The van der Waals surface area contributed by atoms with Crippen LogP contribution < -0.4 is 5.32 Å². The molecule has 3 rings (SSSR count). The van der Waals surface area contributed by atoms with Gasteiger partial charge in [0.05, 0.1) is 19.2 Å². The van der Waals surface area contributed by atoms with Crippen LogP contribution in [-0.2, 0) is 11.8 Å². The van der Waals surface area contributed by atoms with Crippen LogP contribution in [0.2, 0.25) is 0 Å². The van der Waals surface area contributed by atoms with Crippen molar-refractivity contribution in [2.45, 2.75) is 0 Å². The summed E-state index contributed by atoms with van der Waals surface area (Å²) in [4.78, 5) is 23.9. The number of ether oxygens (including phenoxy) is 1. The SMILES string of the molecule is COC(=O)c1ccc(NCC(=O)c2cn(C)c3ccccc23)cc1. The highest BCUT2D eigenvalue weighted by atomic mass is 16.5. The predicted octanol–water partition coefficient (Wildman–Crippen LogP) is 3.26. The first-order valence-electron chi connectivity index (χ1n) is 7.59. The van der Waals surface area contributed by atoms with Gasteiger partial charge in [-0.15, -0.1) is 0 Å². The molecule has 2 aromatic carbocycles. The number of methoxy groups -OCH3 is 1. The topological polar surface area (TPSA) is 60.3 Å². The average Bonchev–Trinajstić information content (AvgIpc) is 2.97. The summed E-state index contributed by atoms with van der Waals surface area (Å²) in [6, 6.07) is 14.7. The van der Waals surface area contributed by atoms with Crippen LogP contribution in [0.15, 0.2) is 54.7 Å². The lowest BCUT2D eigenvalue weighted by Gasteiger charge is -2.06. The summed E-state index contributed by atoms with van der Waals surface area (Å²) in [5.41, 5.74) is 2.98. The third-order valence-electron chi connectivity index (χ3n) is 3.96. The number of ketones is 1. The number of aryl methyl sites for hydroxylation is 1. The molecule has 0 saturated heterocycles. The maximum Gasteiger partial charge on any atom is 0.337 e. The number of fused-ring (bicyclic) bond motifs is 1. The first-order valence-corrected chi connectivity index (χ1v) is 7.59. The summed E-state index contributed by atoms with van der Waals surface area (Å²) < 4.78 is 6.61. The Morgan fingerprint density at radius 3 is 2.50 bits per heavy atom. The smallest absolute Gasteiger partial charge is 0.337 e. The number of rotatable bonds is 5. The number of para-hydroxylation sites is 1. The molecule has 0 aliphatic carbocycles. The molecule has 0 saturated carbocycles. The summed E-state index contributed by atoms with van der Waals surface area (Å²) in [5, 5.41) is 4.04. The Morgan fingerprint density at radius 1 is 1.08 bits per heavy atom. The number of carbonyl (C=O) groups is 2. The number of carbonyl (C=O) groups excluding carboxylic acids is 2. The highest BCUT2D eigenvalue weighted by Gasteiger charge is 2.13. The van der Waals surface area contributed by atoms with E-state index in [-0.39, 0.29) is 18.3 Å². The number of hydrogen-bond acceptors (Lipinski definition) is 4. The fraction of sp³-hybridized carbons (Fsp3) is 0.158. The first-order chi connectivity index (χ1) is 11.6. The van der Waals surface area contributed by atoms with Gasteiger partial charge in [0.2, 0.25) is 0 Å². The molecule has 0 aliphatic rings. The van der Waals surface area contributed by atoms with Crippen LogP contribution in [0.4, 0.5) is 5.69 Å². The Morgan fingerprint density at radius 2 is 1.79 bits per heavy atom. The number of nitrogens with zero attached hydrogens (tertiary/aromatic N) is 1. The van der Waals surface area contributed by atoms with E-state index in [4.69, 9.17) is 0 Å². The van der Waals surface area contributed by atoms with E-state index in [0.717, 1.165) is 16.6 Å². The highest BCUT2D eigenvalue weighted by molar-refractivity contribution is 6.09. The standard InChI is InChI=1S/C19H18N2O3/c1-21-12-16(15-5-3-4-6-17(15)21)18(22)11-20-14-9-7-13(8-10-14)19(23)24-2/h3-10,12,20H,11H2,1-2H3. The Hall–Kier alpha value is -3.08. The van der Waals surface area contributed by atoms with Gasteiger partial charge in [-0.3, -0.25) is 4.79 Å². The number of anilines is 1. The maximum absolute atomic E-state index is 12.5. The van der Waals surface area contributed by atoms with E-state index in [2.05, 4.69) is 10.1 Å². The highest BCUT2D eigenvalue weighted by Crippen LogP contribution is 2.21. The van der Waals surface area contributed by atoms with Gasteiger partial charge in [0.1, 0.15) is 0 Å². The van der Waals surface area contributed by atoms with Crippen molar-refractivity contribution in [1.29, 1.82) is 0 Å². The molecule has 122 valence electrons. The number of hydrogen-bond donors (Lipinski definition) is 1. The van der Waals surface area contributed by atoms with Crippen molar-refractivity contribution in [3.8, 4) is 0 Å². The Labute approximate surface area is 139 Å². The van der Waals surface area contributed by atoms with Crippen LogP contribution in [0, 0.1) is 0 Å².